The highest BCUT2D eigenvalue weighted by Crippen LogP contribution is 2.39. The number of imidazole rings is 1. The van der Waals surface area contributed by atoms with Crippen LogP contribution in [0.3, 0.4) is 0 Å². The molecule has 6 N–H and O–H groups in total. The van der Waals surface area contributed by atoms with Crippen molar-refractivity contribution in [1.82, 2.24) is 40.4 Å². The summed E-state index contributed by atoms with van der Waals surface area (Å²) < 4.78 is 63.8. The quantitative estimate of drug-likeness (QED) is 0.0377. The zero-order chi connectivity index (χ0) is 56.2. The standard InChI is InChI=1S/C56H64F4N10O7S/c1-31-27-69(28-32(2)68(31)7)45-24-42(57)39(22-43(45)66-53(75)40-25-62-49(74)23-41(40)56(58,59)60)34-14-16-38(17-15-34)77-19-18-61-47(72)12-9-13-48(73)67-51(55(4,5)6)54(76)70-29-37(71)21-46(70)52-63-26-44(65-52)35-10-8-11-36(20-35)50-33(3)64-30-78-50/h8,10-11,14-17,20,22-26,30-32,37,46,51,71H,9,12-13,18-19,21,27-29H2,1-7H3,(H,61,72)(H,62,74)(H,63,65)(H,66,75)(H,67,73)/t31-,32+,37-,46+,51-/m1/s1. The lowest BCUT2D eigenvalue weighted by molar-refractivity contribution is -0.140. The van der Waals surface area contributed by atoms with Gasteiger partial charge in [0.2, 0.25) is 23.3 Å². The fraction of sp³-hybridized carbons (Fsp3) is 0.411. The average Bonchev–Trinajstić information content (AvgIpc) is 4.19. The van der Waals surface area contributed by atoms with Gasteiger partial charge in [0.15, 0.2) is 0 Å². The van der Waals surface area contributed by atoms with Gasteiger partial charge >= 0.3 is 6.18 Å². The molecule has 2 aliphatic rings. The number of pyridine rings is 1. The Morgan fingerprint density at radius 3 is 2.31 bits per heavy atom. The summed E-state index contributed by atoms with van der Waals surface area (Å²) in [5.41, 5.74) is 2.24. The highest BCUT2D eigenvalue weighted by atomic mass is 32.1. The molecule has 5 atom stereocenters. The van der Waals surface area contributed by atoms with E-state index in [2.05, 4.69) is 46.9 Å². The number of hydrogen-bond acceptors (Lipinski definition) is 12. The van der Waals surface area contributed by atoms with E-state index < -0.39 is 64.1 Å². The fourth-order valence-corrected chi connectivity index (χ4v) is 10.6. The number of ether oxygens (including phenoxy) is 1. The van der Waals surface area contributed by atoms with Gasteiger partial charge in [0, 0.05) is 74.4 Å². The molecule has 4 amide bonds. The maximum atomic E-state index is 16.1. The van der Waals surface area contributed by atoms with Gasteiger partial charge in [-0.15, -0.1) is 11.3 Å². The number of β-amino-alcohol motifs (C(OH)–C–C–N with tert-alkyl or cyclic N) is 1. The molecule has 2 saturated heterocycles. The van der Waals surface area contributed by atoms with Crippen molar-refractivity contribution < 1.29 is 46.6 Å². The summed E-state index contributed by atoms with van der Waals surface area (Å²) in [5, 5.41) is 19.0. The monoisotopic (exact) mass is 1100 g/mol. The molecule has 0 radical (unpaired) electrons. The van der Waals surface area contributed by atoms with Crippen molar-refractivity contribution >= 4 is 46.3 Å². The van der Waals surface area contributed by atoms with E-state index in [-0.39, 0.29) is 86.2 Å². The van der Waals surface area contributed by atoms with E-state index in [1.165, 1.54) is 12.1 Å². The molecule has 6 aromatic rings. The zero-order valence-corrected chi connectivity index (χ0v) is 45.2. The number of nitrogens with zero attached hydrogens (tertiary/aromatic N) is 5. The number of anilines is 2. The number of hydrogen-bond donors (Lipinski definition) is 6. The van der Waals surface area contributed by atoms with Crippen LogP contribution in [0.15, 0.2) is 89.4 Å². The second kappa shape index (κ2) is 23.7. The molecule has 0 unspecified atom stereocenters. The lowest BCUT2D eigenvalue weighted by Crippen LogP contribution is -2.55. The number of thiazole rings is 1. The number of H-pyrrole nitrogens is 2. The van der Waals surface area contributed by atoms with Gasteiger partial charge in [-0.2, -0.15) is 13.2 Å². The Balaban J connectivity index is 0.833. The highest BCUT2D eigenvalue weighted by molar-refractivity contribution is 7.13. The third kappa shape index (κ3) is 13.3. The van der Waals surface area contributed by atoms with Crippen LogP contribution >= 0.6 is 11.3 Å². The second-order valence-corrected chi connectivity index (χ2v) is 21.9. The van der Waals surface area contributed by atoms with Gasteiger partial charge in [-0.1, -0.05) is 51.1 Å². The molecule has 5 heterocycles. The largest absolute Gasteiger partial charge is 0.492 e. The van der Waals surface area contributed by atoms with E-state index in [1.54, 1.807) is 46.7 Å². The number of aliphatic hydroxyl groups is 1. The molecule has 3 aromatic heterocycles. The first-order chi connectivity index (χ1) is 36.9. The first-order valence-electron chi connectivity index (χ1n) is 25.7. The summed E-state index contributed by atoms with van der Waals surface area (Å²) in [4.78, 5) is 87.0. The summed E-state index contributed by atoms with van der Waals surface area (Å²) in [6.07, 6.45) is -2.92. The van der Waals surface area contributed by atoms with E-state index in [0.29, 0.717) is 42.5 Å². The predicted molar refractivity (Wildman–Crippen MR) is 289 cm³/mol. The summed E-state index contributed by atoms with van der Waals surface area (Å²) in [6, 6.07) is 15.8. The van der Waals surface area contributed by atoms with Crippen molar-refractivity contribution in [3.05, 3.63) is 123 Å². The van der Waals surface area contributed by atoms with Gasteiger partial charge in [-0.25, -0.2) is 14.4 Å². The first-order valence-corrected chi connectivity index (χ1v) is 26.6. The molecule has 17 nitrogen and oxygen atoms in total. The molecule has 78 heavy (non-hydrogen) atoms. The predicted octanol–water partition coefficient (Wildman–Crippen LogP) is 8.33. The van der Waals surface area contributed by atoms with E-state index in [4.69, 9.17) is 4.74 Å². The maximum absolute atomic E-state index is 16.1. The van der Waals surface area contributed by atoms with Gasteiger partial charge in [-0.3, -0.25) is 28.9 Å². The third-order valence-electron chi connectivity index (χ3n) is 14.2. The lowest BCUT2D eigenvalue weighted by Gasteiger charge is -2.44. The van der Waals surface area contributed by atoms with Gasteiger partial charge < -0.3 is 45.6 Å². The third-order valence-corrected chi connectivity index (χ3v) is 15.2. The molecular formula is C56H64F4N10O7S. The Labute approximate surface area is 452 Å². The van der Waals surface area contributed by atoms with Crippen molar-refractivity contribution in [2.45, 2.75) is 104 Å². The number of nitrogens with one attached hydrogen (secondary N) is 5. The first kappa shape index (κ1) is 56.8. The lowest BCUT2D eigenvalue weighted by atomic mass is 9.85. The van der Waals surface area contributed by atoms with Crippen LogP contribution in [-0.2, 0) is 20.6 Å². The number of alkyl halides is 3. The number of aromatic nitrogens is 4. The van der Waals surface area contributed by atoms with Crippen LogP contribution in [0.1, 0.15) is 93.8 Å². The van der Waals surface area contributed by atoms with E-state index in [0.717, 1.165) is 27.4 Å². The number of benzene rings is 3. The maximum Gasteiger partial charge on any atom is 0.417 e. The van der Waals surface area contributed by atoms with Crippen LogP contribution < -0.4 is 31.1 Å². The Bertz CT molecular complexity index is 3200. The topological polar surface area (TPSA) is 218 Å². The Morgan fingerprint density at radius 2 is 1.63 bits per heavy atom. The minimum Gasteiger partial charge on any atom is -0.492 e. The van der Waals surface area contributed by atoms with E-state index >= 15 is 4.39 Å². The van der Waals surface area contributed by atoms with Gasteiger partial charge in [-0.05, 0) is 81.1 Å². The number of aryl methyl sites for hydroxylation is 1. The molecular weight excluding hydrogens is 1030 g/mol. The molecule has 3 aromatic carbocycles. The normalized spacial score (nSPS) is 18.4. The van der Waals surface area contributed by atoms with E-state index in [9.17, 15) is 42.3 Å². The van der Waals surface area contributed by atoms with Crippen molar-refractivity contribution in [3.8, 4) is 38.6 Å². The number of halogens is 4. The molecule has 22 heteroatoms. The smallest absolute Gasteiger partial charge is 0.417 e. The molecule has 2 fully saturated rings. The Kier molecular flexibility index (Phi) is 17.2. The minimum atomic E-state index is -5.00. The van der Waals surface area contributed by atoms with Crippen LogP contribution in [0.25, 0.3) is 32.8 Å². The van der Waals surface area contributed by atoms with Gasteiger partial charge in [0.25, 0.3) is 5.91 Å². The second-order valence-electron chi connectivity index (χ2n) is 21.1. The number of amides is 4. The zero-order valence-electron chi connectivity index (χ0n) is 44.4. The van der Waals surface area contributed by atoms with Gasteiger partial charge in [0.1, 0.15) is 30.0 Å². The van der Waals surface area contributed by atoms with Crippen LogP contribution in [-0.4, -0.2) is 123 Å². The average molecular weight is 1100 g/mol. The summed E-state index contributed by atoms with van der Waals surface area (Å²) in [5.74, 6) is -1.96. The highest BCUT2D eigenvalue weighted by Gasteiger charge is 2.44. The Hall–Kier alpha value is -7.43. The number of carbonyl (C=O) groups is 4. The van der Waals surface area contributed by atoms with Crippen LogP contribution in [0.4, 0.5) is 28.9 Å². The van der Waals surface area contributed by atoms with Gasteiger partial charge in [0.05, 0.1) is 69.2 Å². The number of likely N-dealkylation sites (tertiary alicyclic amines) is 1. The number of aliphatic hydroxyl groups excluding tert-OH is 1. The number of piperazine rings is 1. The van der Waals surface area contributed by atoms with Crippen molar-refractivity contribution in [2.75, 3.05) is 50.1 Å². The number of likely N-dealkylation sites (N-methyl/N-ethyl adjacent to an activating group) is 1. The number of carbonyl (C=O) groups excluding carboxylic acids is 4. The van der Waals surface area contributed by atoms with Crippen molar-refractivity contribution in [2.24, 2.45) is 5.41 Å². The van der Waals surface area contributed by atoms with E-state index in [1.807, 2.05) is 77.2 Å². The molecule has 0 aliphatic carbocycles. The van der Waals surface area contributed by atoms with Crippen molar-refractivity contribution in [1.29, 1.82) is 0 Å². The number of rotatable bonds is 17. The minimum absolute atomic E-state index is 0.0230. The molecule has 2 aliphatic heterocycles. The molecule has 0 bridgehead atoms. The van der Waals surface area contributed by atoms with Crippen LogP contribution in [0.5, 0.6) is 5.75 Å². The SMILES string of the molecule is Cc1ncsc1-c1cccc(-c2cnc([C@@H]3C[C@@H](O)CN3C(=O)[C@@H](NC(=O)CCCC(=O)NCCOc3ccc(-c4cc(NC(=O)c5c[nH]c(=O)cc5C(F)(F)F)c(N5C[C@@H](C)N(C)[C@@H](C)C5)cc4F)cc3)C(C)(C)C)[nH]2)c1. The fourth-order valence-electron chi connectivity index (χ4n) is 9.84. The number of aromatic amines is 2. The van der Waals surface area contributed by atoms with Crippen molar-refractivity contribution in [3.63, 3.8) is 0 Å². The molecule has 8 rings (SSSR count). The van der Waals surface area contributed by atoms with Crippen LogP contribution in [0, 0.1) is 18.2 Å². The molecule has 414 valence electrons. The summed E-state index contributed by atoms with van der Waals surface area (Å²) >= 11 is 1.56. The molecule has 0 saturated carbocycles. The van der Waals surface area contributed by atoms with Crippen LogP contribution in [0.2, 0.25) is 0 Å². The summed E-state index contributed by atoms with van der Waals surface area (Å²) in [7, 11) is 1.96. The Morgan fingerprint density at radius 1 is 0.923 bits per heavy atom. The molecule has 0 spiro atoms. The summed E-state index contributed by atoms with van der Waals surface area (Å²) in [6.45, 7) is 12.6.